The molecule has 82 valence electrons. The van der Waals surface area contributed by atoms with Crippen LogP contribution < -0.4 is 0 Å². The van der Waals surface area contributed by atoms with Crippen LogP contribution in [-0.4, -0.2) is 38.3 Å². The van der Waals surface area contributed by atoms with E-state index in [0.29, 0.717) is 0 Å². The van der Waals surface area contributed by atoms with Crippen molar-refractivity contribution in [1.29, 1.82) is 0 Å². The second kappa shape index (κ2) is 4.16. The normalized spacial score (nSPS) is 11.1. The highest BCUT2D eigenvalue weighted by Crippen LogP contribution is 2.17. The van der Waals surface area contributed by atoms with Gasteiger partial charge in [-0.05, 0) is 12.1 Å². The van der Waals surface area contributed by atoms with Crippen LogP contribution >= 0.6 is 10.7 Å². The third-order valence-corrected chi connectivity index (χ3v) is 2.86. The number of carbonyl (C=O) groups excluding carboxylic acids is 1. The zero-order chi connectivity index (χ0) is 11.6. The summed E-state index contributed by atoms with van der Waals surface area (Å²) in [7, 11) is 4.18. The number of nitrogens with zero attached hydrogens (tertiary/aromatic N) is 2. The molecule has 0 saturated heterocycles. The Kier molecular flexibility index (Phi) is 3.31. The molecular weight excluding hydrogens is 240 g/mol. The van der Waals surface area contributed by atoms with Crippen molar-refractivity contribution in [1.82, 2.24) is 9.88 Å². The van der Waals surface area contributed by atoms with E-state index in [0.717, 1.165) is 0 Å². The SMILES string of the molecule is CN(C)C(=O)c1cccnc1S(=O)(=O)Cl. The number of rotatable bonds is 2. The van der Waals surface area contributed by atoms with Gasteiger partial charge in [-0.1, -0.05) is 0 Å². The first-order chi connectivity index (χ1) is 6.84. The van der Waals surface area contributed by atoms with Gasteiger partial charge in [0.1, 0.15) is 0 Å². The molecular formula is C8H9ClN2O3S. The van der Waals surface area contributed by atoms with Crippen LogP contribution in [0.1, 0.15) is 10.4 Å². The Morgan fingerprint density at radius 3 is 2.53 bits per heavy atom. The minimum absolute atomic E-state index is 0.0301. The molecule has 0 saturated carbocycles. The quantitative estimate of drug-likeness (QED) is 0.723. The van der Waals surface area contributed by atoms with Crippen molar-refractivity contribution in [2.75, 3.05) is 14.1 Å². The number of aromatic nitrogens is 1. The van der Waals surface area contributed by atoms with Gasteiger partial charge in [-0.25, -0.2) is 13.4 Å². The first kappa shape index (κ1) is 11.9. The summed E-state index contributed by atoms with van der Waals surface area (Å²) in [5.41, 5.74) is -0.0301. The average molecular weight is 249 g/mol. The molecule has 15 heavy (non-hydrogen) atoms. The maximum Gasteiger partial charge on any atom is 0.279 e. The van der Waals surface area contributed by atoms with E-state index in [2.05, 4.69) is 4.98 Å². The molecule has 1 aromatic rings. The van der Waals surface area contributed by atoms with Gasteiger partial charge in [-0.15, -0.1) is 0 Å². The molecule has 1 amide bonds. The monoisotopic (exact) mass is 248 g/mol. The van der Waals surface area contributed by atoms with Gasteiger partial charge >= 0.3 is 0 Å². The first-order valence-corrected chi connectivity index (χ1v) is 6.26. The lowest BCUT2D eigenvalue weighted by Gasteiger charge is -2.11. The van der Waals surface area contributed by atoms with Crippen molar-refractivity contribution < 1.29 is 13.2 Å². The van der Waals surface area contributed by atoms with Crippen LogP contribution in [-0.2, 0) is 9.05 Å². The number of amides is 1. The highest BCUT2D eigenvalue weighted by Gasteiger charge is 2.22. The van der Waals surface area contributed by atoms with Gasteiger partial charge in [-0.2, -0.15) is 0 Å². The fourth-order valence-electron chi connectivity index (χ4n) is 0.989. The van der Waals surface area contributed by atoms with Crippen LogP contribution in [0.4, 0.5) is 0 Å². The van der Waals surface area contributed by atoms with Gasteiger partial charge in [0.25, 0.3) is 15.0 Å². The minimum atomic E-state index is -4.00. The summed E-state index contributed by atoms with van der Waals surface area (Å²) in [6, 6.07) is 2.84. The van der Waals surface area contributed by atoms with E-state index < -0.39 is 20.0 Å². The maximum atomic E-state index is 11.6. The van der Waals surface area contributed by atoms with Crippen molar-refractivity contribution in [3.63, 3.8) is 0 Å². The number of carbonyl (C=O) groups is 1. The lowest BCUT2D eigenvalue weighted by atomic mass is 10.2. The molecule has 1 aromatic heterocycles. The summed E-state index contributed by atoms with van der Waals surface area (Å²) in [6.07, 6.45) is 1.27. The van der Waals surface area contributed by atoms with E-state index in [9.17, 15) is 13.2 Å². The summed E-state index contributed by atoms with van der Waals surface area (Å²) < 4.78 is 22.2. The maximum absolute atomic E-state index is 11.6. The number of hydrogen-bond donors (Lipinski definition) is 0. The molecule has 7 heteroatoms. The molecule has 0 spiro atoms. The Morgan fingerprint density at radius 1 is 1.47 bits per heavy atom. The molecule has 0 unspecified atom stereocenters. The van der Waals surface area contributed by atoms with Gasteiger partial charge in [0.15, 0.2) is 5.03 Å². The fourth-order valence-corrected chi connectivity index (χ4v) is 1.96. The molecule has 0 aliphatic carbocycles. The molecule has 0 N–H and O–H groups in total. The fraction of sp³-hybridized carbons (Fsp3) is 0.250. The average Bonchev–Trinajstić information content (AvgIpc) is 2.15. The number of pyridine rings is 1. The standard InChI is InChI=1S/C8H9ClN2O3S/c1-11(2)8(12)6-4-3-5-10-7(6)15(9,13)14/h3-5H,1-2H3. The third kappa shape index (κ3) is 2.66. The lowest BCUT2D eigenvalue weighted by Crippen LogP contribution is -2.23. The van der Waals surface area contributed by atoms with E-state index in [-0.39, 0.29) is 5.56 Å². The van der Waals surface area contributed by atoms with Gasteiger partial charge < -0.3 is 4.90 Å². The Morgan fingerprint density at radius 2 is 2.07 bits per heavy atom. The highest BCUT2D eigenvalue weighted by molar-refractivity contribution is 8.13. The topological polar surface area (TPSA) is 67.3 Å². The van der Waals surface area contributed by atoms with Crippen molar-refractivity contribution in [3.05, 3.63) is 23.9 Å². The van der Waals surface area contributed by atoms with Crippen LogP contribution in [0.25, 0.3) is 0 Å². The van der Waals surface area contributed by atoms with Crippen LogP contribution in [0.5, 0.6) is 0 Å². The molecule has 1 heterocycles. The third-order valence-electron chi connectivity index (χ3n) is 1.64. The second-order valence-corrected chi connectivity index (χ2v) is 5.47. The van der Waals surface area contributed by atoms with Crippen LogP contribution in [0.15, 0.2) is 23.4 Å². The zero-order valence-electron chi connectivity index (χ0n) is 8.14. The second-order valence-electron chi connectivity index (χ2n) is 2.99. The summed E-state index contributed by atoms with van der Waals surface area (Å²) in [6.45, 7) is 0. The first-order valence-electron chi connectivity index (χ1n) is 3.95. The van der Waals surface area contributed by atoms with Crippen molar-refractivity contribution in [2.24, 2.45) is 0 Å². The molecule has 1 rings (SSSR count). The van der Waals surface area contributed by atoms with E-state index in [4.69, 9.17) is 10.7 Å². The number of hydrogen-bond acceptors (Lipinski definition) is 4. The van der Waals surface area contributed by atoms with Crippen molar-refractivity contribution in [3.8, 4) is 0 Å². The van der Waals surface area contributed by atoms with Gasteiger partial charge in [0.05, 0.1) is 5.56 Å². The Labute approximate surface area is 92.1 Å². The minimum Gasteiger partial charge on any atom is -0.345 e. The van der Waals surface area contributed by atoms with Gasteiger partial charge in [-0.3, -0.25) is 4.79 Å². The largest absolute Gasteiger partial charge is 0.345 e. The smallest absolute Gasteiger partial charge is 0.279 e. The van der Waals surface area contributed by atoms with Crippen molar-refractivity contribution >= 4 is 25.6 Å². The van der Waals surface area contributed by atoms with E-state index >= 15 is 0 Å². The Bertz CT molecular complexity index is 484. The predicted molar refractivity (Wildman–Crippen MR) is 55.3 cm³/mol. The summed E-state index contributed by atoms with van der Waals surface area (Å²) in [5.74, 6) is -0.456. The van der Waals surface area contributed by atoms with Crippen molar-refractivity contribution in [2.45, 2.75) is 5.03 Å². The molecule has 0 radical (unpaired) electrons. The predicted octanol–water partition coefficient (Wildman–Crippen LogP) is 0.711. The molecule has 0 aliphatic heterocycles. The van der Waals surface area contributed by atoms with Gasteiger partial charge in [0, 0.05) is 31.0 Å². The molecule has 5 nitrogen and oxygen atoms in total. The molecule has 0 aromatic carbocycles. The summed E-state index contributed by atoms with van der Waals surface area (Å²) in [4.78, 5) is 16.4. The Balaban J connectivity index is 3.38. The van der Waals surface area contributed by atoms with Crippen LogP contribution in [0, 0.1) is 0 Å². The van der Waals surface area contributed by atoms with E-state index in [1.807, 2.05) is 0 Å². The molecule has 0 atom stereocenters. The lowest BCUT2D eigenvalue weighted by molar-refractivity contribution is 0.0823. The highest BCUT2D eigenvalue weighted by atomic mass is 35.7. The van der Waals surface area contributed by atoms with E-state index in [1.165, 1.54) is 37.3 Å². The number of halogens is 1. The summed E-state index contributed by atoms with van der Waals surface area (Å²) in [5, 5.41) is -0.412. The Hall–Kier alpha value is -1.14. The zero-order valence-corrected chi connectivity index (χ0v) is 9.71. The summed E-state index contributed by atoms with van der Waals surface area (Å²) >= 11 is 0. The molecule has 0 fully saturated rings. The van der Waals surface area contributed by atoms with Crippen LogP contribution in [0.2, 0.25) is 0 Å². The van der Waals surface area contributed by atoms with Gasteiger partial charge in [0.2, 0.25) is 0 Å². The van der Waals surface area contributed by atoms with Crippen LogP contribution in [0.3, 0.4) is 0 Å². The van der Waals surface area contributed by atoms with E-state index in [1.54, 1.807) is 0 Å². The molecule has 0 bridgehead atoms. The molecule has 0 aliphatic rings.